The number of hydrogen-bond donors (Lipinski definition) is 2. The van der Waals surface area contributed by atoms with Crippen LogP contribution >= 0.6 is 28.3 Å². The number of carbonyl (C=O) groups excluding carboxylic acids is 1. The summed E-state index contributed by atoms with van der Waals surface area (Å²) < 4.78 is 0.974. The highest BCUT2D eigenvalue weighted by atomic mass is 79.9. The predicted molar refractivity (Wildman–Crippen MR) is 75.7 cm³/mol. The topological polar surface area (TPSA) is 41.1 Å². The highest BCUT2D eigenvalue weighted by Crippen LogP contribution is 2.16. The van der Waals surface area contributed by atoms with Gasteiger partial charge in [0, 0.05) is 10.2 Å². The third kappa shape index (κ3) is 4.30. The molecular formula is C12H16BrClN2O. The minimum atomic E-state index is -0.0345. The van der Waals surface area contributed by atoms with Crippen molar-refractivity contribution in [3.8, 4) is 0 Å². The summed E-state index contributed by atoms with van der Waals surface area (Å²) in [5.74, 6) is 0.0674. The third-order valence-corrected chi connectivity index (χ3v) is 3.21. The van der Waals surface area contributed by atoms with Crippen molar-refractivity contribution in [1.29, 1.82) is 0 Å². The zero-order valence-electron chi connectivity index (χ0n) is 9.41. The van der Waals surface area contributed by atoms with Crippen LogP contribution in [-0.2, 0) is 4.79 Å². The Balaban J connectivity index is 0.00000144. The first-order chi connectivity index (χ1) is 7.75. The molecule has 0 saturated carbocycles. The summed E-state index contributed by atoms with van der Waals surface area (Å²) in [7, 11) is 0. The standard InChI is InChI=1S/C12H15BrN2O.ClH/c13-9-4-3-5-10(8-9)15-12(16)11-6-1-2-7-14-11;/h3-5,8,11,14H,1-2,6-7H2,(H,15,16);1H. The van der Waals surface area contributed by atoms with Crippen LogP contribution in [0.25, 0.3) is 0 Å². The Morgan fingerprint density at radius 2 is 2.24 bits per heavy atom. The smallest absolute Gasteiger partial charge is 0.241 e. The van der Waals surface area contributed by atoms with E-state index < -0.39 is 0 Å². The lowest BCUT2D eigenvalue weighted by Crippen LogP contribution is -2.43. The van der Waals surface area contributed by atoms with Crippen molar-refractivity contribution in [2.75, 3.05) is 11.9 Å². The van der Waals surface area contributed by atoms with Gasteiger partial charge in [0.05, 0.1) is 6.04 Å². The van der Waals surface area contributed by atoms with E-state index in [0.29, 0.717) is 0 Å². The average Bonchev–Trinajstić information content (AvgIpc) is 2.30. The maximum Gasteiger partial charge on any atom is 0.241 e. The molecule has 1 aromatic carbocycles. The monoisotopic (exact) mass is 318 g/mol. The van der Waals surface area contributed by atoms with Gasteiger partial charge < -0.3 is 10.6 Å². The summed E-state index contributed by atoms with van der Waals surface area (Å²) in [5, 5.41) is 6.15. The van der Waals surface area contributed by atoms with E-state index in [9.17, 15) is 4.79 Å². The first-order valence-corrected chi connectivity index (χ1v) is 6.35. The zero-order valence-corrected chi connectivity index (χ0v) is 11.8. The quantitative estimate of drug-likeness (QED) is 0.880. The van der Waals surface area contributed by atoms with Crippen LogP contribution in [0.4, 0.5) is 5.69 Å². The first kappa shape index (κ1) is 14.5. The number of benzene rings is 1. The molecule has 1 aliphatic heterocycles. The van der Waals surface area contributed by atoms with E-state index in [2.05, 4.69) is 26.6 Å². The predicted octanol–water partition coefficient (Wildman–Crippen LogP) is 2.95. The number of rotatable bonds is 2. The largest absolute Gasteiger partial charge is 0.325 e. The van der Waals surface area contributed by atoms with E-state index in [4.69, 9.17) is 0 Å². The van der Waals surface area contributed by atoms with E-state index in [-0.39, 0.29) is 24.4 Å². The second kappa shape index (κ2) is 6.99. The second-order valence-corrected chi connectivity index (χ2v) is 4.92. The molecule has 2 N–H and O–H groups in total. The number of amides is 1. The molecular weight excluding hydrogens is 304 g/mol. The molecule has 1 fully saturated rings. The number of hydrogen-bond acceptors (Lipinski definition) is 2. The minimum absolute atomic E-state index is 0. The van der Waals surface area contributed by atoms with Gasteiger partial charge in [-0.05, 0) is 37.6 Å². The second-order valence-electron chi connectivity index (χ2n) is 4.00. The van der Waals surface area contributed by atoms with Crippen LogP contribution in [0.2, 0.25) is 0 Å². The summed E-state index contributed by atoms with van der Waals surface area (Å²) >= 11 is 3.38. The van der Waals surface area contributed by atoms with Crippen LogP contribution in [0.1, 0.15) is 19.3 Å². The van der Waals surface area contributed by atoms with Crippen molar-refractivity contribution < 1.29 is 4.79 Å². The first-order valence-electron chi connectivity index (χ1n) is 5.55. The van der Waals surface area contributed by atoms with E-state index in [1.54, 1.807) is 0 Å². The molecule has 1 unspecified atom stereocenters. The van der Waals surface area contributed by atoms with Gasteiger partial charge in [-0.2, -0.15) is 0 Å². The van der Waals surface area contributed by atoms with Crippen LogP contribution in [0, 0.1) is 0 Å². The highest BCUT2D eigenvalue weighted by molar-refractivity contribution is 9.10. The van der Waals surface area contributed by atoms with Crippen LogP contribution in [0.3, 0.4) is 0 Å². The molecule has 0 radical (unpaired) electrons. The van der Waals surface area contributed by atoms with Gasteiger partial charge >= 0.3 is 0 Å². The van der Waals surface area contributed by atoms with Gasteiger partial charge in [0.2, 0.25) is 5.91 Å². The number of piperidine rings is 1. The lowest BCUT2D eigenvalue weighted by atomic mass is 10.0. The molecule has 0 bridgehead atoms. The molecule has 0 spiro atoms. The molecule has 1 atom stereocenters. The Hall–Kier alpha value is -0.580. The molecule has 17 heavy (non-hydrogen) atoms. The Labute approximate surface area is 116 Å². The molecule has 1 heterocycles. The number of anilines is 1. The molecule has 3 nitrogen and oxygen atoms in total. The van der Waals surface area contributed by atoms with Crippen molar-refractivity contribution in [3.05, 3.63) is 28.7 Å². The highest BCUT2D eigenvalue weighted by Gasteiger charge is 2.20. The summed E-state index contributed by atoms with van der Waals surface area (Å²) in [6, 6.07) is 7.61. The van der Waals surface area contributed by atoms with Crippen LogP contribution in [-0.4, -0.2) is 18.5 Å². The van der Waals surface area contributed by atoms with E-state index in [1.165, 1.54) is 6.42 Å². The van der Waals surface area contributed by atoms with Crippen molar-refractivity contribution in [2.45, 2.75) is 25.3 Å². The fraction of sp³-hybridized carbons (Fsp3) is 0.417. The Morgan fingerprint density at radius 1 is 1.41 bits per heavy atom. The van der Waals surface area contributed by atoms with E-state index >= 15 is 0 Å². The summed E-state index contributed by atoms with van der Waals surface area (Å²) in [6.07, 6.45) is 3.23. The number of halogens is 2. The Morgan fingerprint density at radius 3 is 2.88 bits per heavy atom. The minimum Gasteiger partial charge on any atom is -0.325 e. The fourth-order valence-corrected chi connectivity index (χ4v) is 2.27. The third-order valence-electron chi connectivity index (χ3n) is 2.72. The number of nitrogens with one attached hydrogen (secondary N) is 2. The maximum absolute atomic E-state index is 11.9. The number of carbonyl (C=O) groups is 1. The van der Waals surface area contributed by atoms with Crippen molar-refractivity contribution >= 4 is 39.9 Å². The average molecular weight is 320 g/mol. The Bertz CT molecular complexity index is 381. The molecule has 0 aromatic heterocycles. The summed E-state index contributed by atoms with van der Waals surface area (Å²) in [6.45, 7) is 0.941. The summed E-state index contributed by atoms with van der Waals surface area (Å²) in [5.41, 5.74) is 0.840. The molecule has 94 valence electrons. The van der Waals surface area contributed by atoms with Gasteiger partial charge in [-0.3, -0.25) is 4.79 Å². The SMILES string of the molecule is Cl.O=C(Nc1cccc(Br)c1)C1CCCCN1. The molecule has 1 saturated heterocycles. The molecule has 1 aliphatic rings. The Kier molecular flexibility index (Phi) is 5.95. The molecule has 2 rings (SSSR count). The lowest BCUT2D eigenvalue weighted by Gasteiger charge is -2.22. The normalized spacial score (nSPS) is 19.2. The molecule has 1 aromatic rings. The van der Waals surface area contributed by atoms with Gasteiger partial charge in [-0.15, -0.1) is 12.4 Å². The van der Waals surface area contributed by atoms with Gasteiger partial charge in [0.15, 0.2) is 0 Å². The van der Waals surface area contributed by atoms with Gasteiger partial charge in [-0.25, -0.2) is 0 Å². The van der Waals surface area contributed by atoms with Crippen LogP contribution < -0.4 is 10.6 Å². The molecule has 0 aliphatic carbocycles. The van der Waals surface area contributed by atoms with Gasteiger partial charge in [0.25, 0.3) is 0 Å². The van der Waals surface area contributed by atoms with Crippen molar-refractivity contribution in [2.24, 2.45) is 0 Å². The zero-order chi connectivity index (χ0) is 11.4. The van der Waals surface area contributed by atoms with Crippen molar-refractivity contribution in [1.82, 2.24) is 5.32 Å². The van der Waals surface area contributed by atoms with Crippen LogP contribution in [0.5, 0.6) is 0 Å². The van der Waals surface area contributed by atoms with Crippen molar-refractivity contribution in [3.63, 3.8) is 0 Å². The van der Waals surface area contributed by atoms with Gasteiger partial charge in [0.1, 0.15) is 0 Å². The maximum atomic E-state index is 11.9. The van der Waals surface area contributed by atoms with E-state index in [1.807, 2.05) is 24.3 Å². The van der Waals surface area contributed by atoms with E-state index in [0.717, 1.165) is 29.5 Å². The molecule has 1 amide bonds. The fourth-order valence-electron chi connectivity index (χ4n) is 1.87. The summed E-state index contributed by atoms with van der Waals surface area (Å²) in [4.78, 5) is 11.9. The lowest BCUT2D eigenvalue weighted by molar-refractivity contribution is -0.118. The van der Waals surface area contributed by atoms with Gasteiger partial charge in [-0.1, -0.05) is 28.4 Å². The van der Waals surface area contributed by atoms with Crippen LogP contribution in [0.15, 0.2) is 28.7 Å². The molecule has 5 heteroatoms.